The average Bonchev–Trinajstić information content (AvgIpc) is 3.10. The number of rotatable bonds is 8. The minimum Gasteiger partial charge on any atom is -0.342 e. The van der Waals surface area contributed by atoms with Crippen molar-refractivity contribution in [2.45, 2.75) is 32.0 Å². The van der Waals surface area contributed by atoms with Crippen LogP contribution in [0.4, 0.5) is 5.69 Å². The van der Waals surface area contributed by atoms with Gasteiger partial charge in [-0.1, -0.05) is 61.0 Å². The van der Waals surface area contributed by atoms with Crippen LogP contribution < -0.4 is 10.6 Å². The molecular weight excluding hydrogens is 446 g/mol. The van der Waals surface area contributed by atoms with Gasteiger partial charge >= 0.3 is 0 Å². The molecule has 0 fully saturated rings. The van der Waals surface area contributed by atoms with Crippen molar-refractivity contribution in [2.75, 3.05) is 11.1 Å². The van der Waals surface area contributed by atoms with Crippen molar-refractivity contribution < 1.29 is 9.59 Å². The smallest absolute Gasteiger partial charge is 0.251 e. The minimum atomic E-state index is -0.324. The fourth-order valence-electron chi connectivity index (χ4n) is 3.16. The zero-order valence-electron chi connectivity index (χ0n) is 18.4. The zero-order chi connectivity index (χ0) is 23.3. The van der Waals surface area contributed by atoms with Crippen molar-refractivity contribution in [3.8, 4) is 0 Å². The van der Waals surface area contributed by atoms with E-state index < -0.39 is 0 Å². The van der Waals surface area contributed by atoms with Crippen molar-refractivity contribution in [3.63, 3.8) is 0 Å². The van der Waals surface area contributed by atoms with Gasteiger partial charge in [0.05, 0.1) is 11.8 Å². The topological polar surface area (TPSA) is 88.9 Å². The normalized spacial score (nSPS) is 11.9. The second kappa shape index (κ2) is 10.7. The Labute approximate surface area is 197 Å². The number of carbonyl (C=O) groups is 2. The number of halogens is 1. The maximum absolute atomic E-state index is 12.8. The number of aromatic nitrogens is 3. The van der Waals surface area contributed by atoms with Gasteiger partial charge in [0.25, 0.3) is 5.91 Å². The van der Waals surface area contributed by atoms with Crippen molar-refractivity contribution in [2.24, 2.45) is 13.0 Å². The third-order valence-electron chi connectivity index (χ3n) is 4.82. The first kappa shape index (κ1) is 23.8. The van der Waals surface area contributed by atoms with Crippen molar-refractivity contribution >= 4 is 40.9 Å². The maximum atomic E-state index is 12.8. The fourth-order valence-corrected chi connectivity index (χ4v) is 4.06. The Kier molecular flexibility index (Phi) is 7.93. The molecule has 9 heteroatoms. The van der Waals surface area contributed by atoms with Gasteiger partial charge in [0.2, 0.25) is 5.91 Å². The Morgan fingerprint density at radius 2 is 1.88 bits per heavy atom. The summed E-state index contributed by atoms with van der Waals surface area (Å²) < 4.78 is 1.82. The highest BCUT2D eigenvalue weighted by molar-refractivity contribution is 7.99. The summed E-state index contributed by atoms with van der Waals surface area (Å²) in [7, 11) is 1.83. The van der Waals surface area contributed by atoms with E-state index in [1.54, 1.807) is 30.3 Å². The predicted molar refractivity (Wildman–Crippen MR) is 128 cm³/mol. The van der Waals surface area contributed by atoms with E-state index in [4.69, 9.17) is 11.6 Å². The van der Waals surface area contributed by atoms with Gasteiger partial charge in [-0.2, -0.15) is 0 Å². The molecule has 32 heavy (non-hydrogen) atoms. The number of nitrogens with one attached hydrogen (secondary N) is 2. The summed E-state index contributed by atoms with van der Waals surface area (Å²) in [6, 6.07) is 14.1. The molecule has 2 aromatic carbocycles. The number of nitrogens with zero attached hydrogens (tertiary/aromatic N) is 3. The van der Waals surface area contributed by atoms with Crippen LogP contribution in [-0.2, 0) is 11.8 Å². The van der Waals surface area contributed by atoms with Crippen molar-refractivity contribution in [1.82, 2.24) is 20.1 Å². The molecule has 1 aromatic heterocycles. The van der Waals surface area contributed by atoms with Gasteiger partial charge in [-0.3, -0.25) is 9.59 Å². The second-order valence-corrected chi connectivity index (χ2v) is 9.19. The van der Waals surface area contributed by atoms with Gasteiger partial charge in [-0.05, 0) is 43.2 Å². The quantitative estimate of drug-likeness (QED) is 0.467. The maximum Gasteiger partial charge on any atom is 0.251 e. The first-order valence-corrected chi connectivity index (χ1v) is 11.6. The number of hydrogen-bond acceptors (Lipinski definition) is 5. The standard InChI is InChI=1S/C23H26ClN5O2S/c1-14(2)20(26-22(31)16-8-5-7-15(3)11-16)21-27-28-23(29(21)4)32-13-19(30)25-18-10-6-9-17(24)12-18/h5-12,14,20H,13H2,1-4H3,(H,25,30)(H,26,31)/t20-/m1/s1. The summed E-state index contributed by atoms with van der Waals surface area (Å²) in [5.74, 6) is 0.565. The molecule has 0 bridgehead atoms. The average molecular weight is 472 g/mol. The van der Waals surface area contributed by atoms with Crippen LogP contribution in [0.5, 0.6) is 0 Å². The lowest BCUT2D eigenvalue weighted by Crippen LogP contribution is -2.33. The Morgan fingerprint density at radius 1 is 1.12 bits per heavy atom. The first-order valence-electron chi connectivity index (χ1n) is 10.2. The number of amides is 2. The number of thioether (sulfide) groups is 1. The Morgan fingerprint density at radius 3 is 2.56 bits per heavy atom. The molecule has 3 aromatic rings. The molecule has 0 aliphatic carbocycles. The van der Waals surface area contributed by atoms with Gasteiger partial charge < -0.3 is 15.2 Å². The van der Waals surface area contributed by atoms with E-state index in [9.17, 15) is 9.59 Å². The molecule has 0 radical (unpaired) electrons. The number of benzene rings is 2. The molecule has 0 saturated carbocycles. The summed E-state index contributed by atoms with van der Waals surface area (Å²) in [4.78, 5) is 25.1. The van der Waals surface area contributed by atoms with E-state index in [1.807, 2.05) is 50.6 Å². The molecule has 168 valence electrons. The highest BCUT2D eigenvalue weighted by atomic mass is 35.5. The van der Waals surface area contributed by atoms with E-state index in [2.05, 4.69) is 20.8 Å². The van der Waals surface area contributed by atoms with Gasteiger partial charge in [0.15, 0.2) is 11.0 Å². The zero-order valence-corrected chi connectivity index (χ0v) is 20.0. The lowest BCUT2D eigenvalue weighted by Gasteiger charge is -2.21. The molecule has 2 amide bonds. The molecule has 0 aliphatic rings. The molecule has 3 rings (SSSR count). The lowest BCUT2D eigenvalue weighted by atomic mass is 10.0. The molecular formula is C23H26ClN5O2S. The van der Waals surface area contributed by atoms with Crippen LogP contribution in [-0.4, -0.2) is 32.3 Å². The van der Waals surface area contributed by atoms with Crippen LogP contribution >= 0.6 is 23.4 Å². The van der Waals surface area contributed by atoms with E-state index in [0.29, 0.717) is 27.3 Å². The molecule has 0 unspecified atom stereocenters. The summed E-state index contributed by atoms with van der Waals surface area (Å²) in [6.07, 6.45) is 0. The third kappa shape index (κ3) is 6.11. The molecule has 1 heterocycles. The minimum absolute atomic E-state index is 0.0932. The highest BCUT2D eigenvalue weighted by Gasteiger charge is 2.25. The summed E-state index contributed by atoms with van der Waals surface area (Å²) in [5, 5.41) is 15.6. The van der Waals surface area contributed by atoms with Gasteiger partial charge in [0, 0.05) is 23.3 Å². The van der Waals surface area contributed by atoms with Gasteiger partial charge in [0.1, 0.15) is 0 Å². The van der Waals surface area contributed by atoms with Crippen LogP contribution in [0.1, 0.15) is 41.6 Å². The van der Waals surface area contributed by atoms with E-state index in [-0.39, 0.29) is 29.5 Å². The Balaban J connectivity index is 1.67. The number of anilines is 1. The summed E-state index contributed by atoms with van der Waals surface area (Å²) in [5.41, 5.74) is 2.26. The van der Waals surface area contributed by atoms with E-state index in [0.717, 1.165) is 5.56 Å². The van der Waals surface area contributed by atoms with Gasteiger partial charge in [-0.25, -0.2) is 0 Å². The summed E-state index contributed by atoms with van der Waals surface area (Å²) >= 11 is 7.23. The third-order valence-corrected chi connectivity index (χ3v) is 6.08. The van der Waals surface area contributed by atoms with E-state index >= 15 is 0 Å². The van der Waals surface area contributed by atoms with Crippen LogP contribution in [0.3, 0.4) is 0 Å². The molecule has 0 saturated heterocycles. The highest BCUT2D eigenvalue weighted by Crippen LogP contribution is 2.25. The van der Waals surface area contributed by atoms with Gasteiger partial charge in [-0.15, -0.1) is 10.2 Å². The fraction of sp³-hybridized carbons (Fsp3) is 0.304. The largest absolute Gasteiger partial charge is 0.342 e. The lowest BCUT2D eigenvalue weighted by molar-refractivity contribution is -0.113. The summed E-state index contributed by atoms with van der Waals surface area (Å²) in [6.45, 7) is 5.98. The van der Waals surface area contributed by atoms with Crippen LogP contribution in [0.15, 0.2) is 53.7 Å². The van der Waals surface area contributed by atoms with E-state index in [1.165, 1.54) is 11.8 Å². The molecule has 1 atom stereocenters. The van der Waals surface area contributed by atoms with Crippen LogP contribution in [0, 0.1) is 12.8 Å². The molecule has 7 nitrogen and oxygen atoms in total. The van der Waals surface area contributed by atoms with Crippen molar-refractivity contribution in [3.05, 3.63) is 70.5 Å². The first-order chi connectivity index (χ1) is 15.2. The monoisotopic (exact) mass is 471 g/mol. The second-order valence-electron chi connectivity index (χ2n) is 7.81. The molecule has 0 spiro atoms. The van der Waals surface area contributed by atoms with Crippen LogP contribution in [0.2, 0.25) is 5.02 Å². The molecule has 0 aliphatic heterocycles. The number of hydrogen-bond donors (Lipinski definition) is 2. The Bertz CT molecular complexity index is 1120. The van der Waals surface area contributed by atoms with Crippen LogP contribution in [0.25, 0.3) is 0 Å². The molecule has 2 N–H and O–H groups in total. The Hall–Kier alpha value is -2.84. The predicted octanol–water partition coefficient (Wildman–Crippen LogP) is 4.63. The SMILES string of the molecule is Cc1cccc(C(=O)N[C@@H](c2nnc(SCC(=O)Nc3cccc(Cl)c3)n2C)C(C)C)c1. The van der Waals surface area contributed by atoms with Crippen molar-refractivity contribution in [1.29, 1.82) is 0 Å². The number of aryl methyl sites for hydroxylation is 1. The number of carbonyl (C=O) groups excluding carboxylic acids is 2.